The van der Waals surface area contributed by atoms with Gasteiger partial charge in [-0.2, -0.15) is 0 Å². The molecule has 0 unspecified atom stereocenters. The standard InChI is InChI=1S/C29H34ClN3O4S/c1-4-17-31-29(35)27(19-23-11-7-5-8-12-23)32(20-24-13-9-6-10-14-24)28(34)21-33(38(3,36)37)26-16-15-25(30)18-22(26)2/h5-16,18,27H,4,17,19-21H2,1-3H3,(H,31,35)/t27-/m0/s1. The third-order valence-electron chi connectivity index (χ3n) is 6.12. The lowest BCUT2D eigenvalue weighted by atomic mass is 10.0. The Morgan fingerprint density at radius 2 is 1.55 bits per heavy atom. The van der Waals surface area contributed by atoms with E-state index in [2.05, 4.69) is 5.32 Å². The second kappa shape index (κ2) is 13.4. The van der Waals surface area contributed by atoms with Crippen molar-refractivity contribution >= 4 is 39.1 Å². The zero-order valence-electron chi connectivity index (χ0n) is 21.9. The van der Waals surface area contributed by atoms with Crippen molar-refractivity contribution in [2.45, 2.75) is 39.3 Å². The van der Waals surface area contributed by atoms with E-state index in [4.69, 9.17) is 11.6 Å². The van der Waals surface area contributed by atoms with Crippen LogP contribution in [0.3, 0.4) is 0 Å². The van der Waals surface area contributed by atoms with Gasteiger partial charge in [-0.25, -0.2) is 8.42 Å². The van der Waals surface area contributed by atoms with Crippen LogP contribution >= 0.6 is 11.6 Å². The first-order valence-corrected chi connectivity index (χ1v) is 14.7. The van der Waals surface area contributed by atoms with E-state index >= 15 is 0 Å². The lowest BCUT2D eigenvalue weighted by Gasteiger charge is -2.33. The number of carbonyl (C=O) groups excluding carboxylic acids is 2. The summed E-state index contributed by atoms with van der Waals surface area (Å²) >= 11 is 6.09. The molecule has 38 heavy (non-hydrogen) atoms. The van der Waals surface area contributed by atoms with Crippen molar-refractivity contribution in [1.82, 2.24) is 10.2 Å². The summed E-state index contributed by atoms with van der Waals surface area (Å²) in [5, 5.41) is 3.39. The van der Waals surface area contributed by atoms with E-state index in [9.17, 15) is 18.0 Å². The molecule has 0 spiro atoms. The fourth-order valence-electron chi connectivity index (χ4n) is 4.19. The van der Waals surface area contributed by atoms with Crippen molar-refractivity contribution < 1.29 is 18.0 Å². The summed E-state index contributed by atoms with van der Waals surface area (Å²) < 4.78 is 26.8. The number of carbonyl (C=O) groups is 2. The molecule has 0 aromatic heterocycles. The molecule has 1 atom stereocenters. The highest BCUT2D eigenvalue weighted by atomic mass is 35.5. The van der Waals surface area contributed by atoms with Gasteiger partial charge in [-0.1, -0.05) is 79.2 Å². The summed E-state index contributed by atoms with van der Waals surface area (Å²) in [5.41, 5.74) is 2.70. The Kier molecular flexibility index (Phi) is 10.3. The van der Waals surface area contributed by atoms with Gasteiger partial charge in [0.25, 0.3) is 0 Å². The average molecular weight is 556 g/mol. The zero-order valence-corrected chi connectivity index (χ0v) is 23.5. The Morgan fingerprint density at radius 1 is 0.947 bits per heavy atom. The van der Waals surface area contributed by atoms with E-state index in [1.807, 2.05) is 67.6 Å². The van der Waals surface area contributed by atoms with E-state index in [0.717, 1.165) is 28.1 Å². The fourth-order valence-corrected chi connectivity index (χ4v) is 5.33. The van der Waals surface area contributed by atoms with Gasteiger partial charge in [0.15, 0.2) is 0 Å². The molecule has 2 amide bonds. The molecule has 0 heterocycles. The van der Waals surface area contributed by atoms with Gasteiger partial charge in [-0.15, -0.1) is 0 Å². The highest BCUT2D eigenvalue weighted by Gasteiger charge is 2.33. The minimum absolute atomic E-state index is 0.147. The largest absolute Gasteiger partial charge is 0.354 e. The van der Waals surface area contributed by atoms with E-state index in [1.54, 1.807) is 25.1 Å². The zero-order chi connectivity index (χ0) is 27.7. The van der Waals surface area contributed by atoms with Crippen LogP contribution < -0.4 is 9.62 Å². The molecule has 0 radical (unpaired) electrons. The maximum atomic E-state index is 14.0. The summed E-state index contributed by atoms with van der Waals surface area (Å²) in [7, 11) is -3.83. The average Bonchev–Trinajstić information content (AvgIpc) is 2.88. The van der Waals surface area contributed by atoms with Crippen molar-refractivity contribution in [3.8, 4) is 0 Å². The highest BCUT2D eigenvalue weighted by molar-refractivity contribution is 7.92. The monoisotopic (exact) mass is 555 g/mol. The van der Waals surface area contributed by atoms with Crippen molar-refractivity contribution in [2.24, 2.45) is 0 Å². The van der Waals surface area contributed by atoms with Crippen LogP contribution in [0.5, 0.6) is 0 Å². The number of hydrogen-bond acceptors (Lipinski definition) is 4. The Hall–Kier alpha value is -3.36. The van der Waals surface area contributed by atoms with E-state index in [0.29, 0.717) is 22.8 Å². The number of nitrogens with zero attached hydrogens (tertiary/aromatic N) is 2. The molecule has 0 saturated carbocycles. The number of sulfonamides is 1. The molecule has 0 saturated heterocycles. The van der Waals surface area contributed by atoms with Crippen LogP contribution in [0.15, 0.2) is 78.9 Å². The Morgan fingerprint density at radius 3 is 2.11 bits per heavy atom. The Labute approximate surface area is 230 Å². The maximum Gasteiger partial charge on any atom is 0.244 e. The lowest BCUT2D eigenvalue weighted by Crippen LogP contribution is -2.53. The summed E-state index contributed by atoms with van der Waals surface area (Å²) in [6.45, 7) is 3.85. The molecule has 3 aromatic carbocycles. The van der Waals surface area contributed by atoms with Gasteiger partial charge in [0.2, 0.25) is 21.8 Å². The second-order valence-electron chi connectivity index (χ2n) is 9.20. The molecular formula is C29H34ClN3O4S. The molecule has 0 aliphatic carbocycles. The van der Waals surface area contributed by atoms with Crippen LogP contribution in [0.4, 0.5) is 5.69 Å². The molecule has 0 fully saturated rings. The number of benzene rings is 3. The number of aryl methyl sites for hydroxylation is 1. The maximum absolute atomic E-state index is 14.0. The number of nitrogens with one attached hydrogen (secondary N) is 1. The molecule has 3 aromatic rings. The van der Waals surface area contributed by atoms with Crippen LogP contribution in [-0.2, 0) is 32.6 Å². The van der Waals surface area contributed by atoms with Crippen molar-refractivity contribution in [3.05, 3.63) is 101 Å². The van der Waals surface area contributed by atoms with E-state index in [1.165, 1.54) is 4.90 Å². The highest BCUT2D eigenvalue weighted by Crippen LogP contribution is 2.26. The summed E-state index contributed by atoms with van der Waals surface area (Å²) in [5.74, 6) is -0.769. The van der Waals surface area contributed by atoms with E-state index in [-0.39, 0.29) is 18.9 Å². The number of halogens is 1. The Balaban J connectivity index is 2.04. The van der Waals surface area contributed by atoms with Gasteiger partial charge < -0.3 is 10.2 Å². The first-order chi connectivity index (χ1) is 18.1. The number of amides is 2. The van der Waals surface area contributed by atoms with Gasteiger partial charge in [-0.05, 0) is 48.2 Å². The normalized spacial score (nSPS) is 12.0. The van der Waals surface area contributed by atoms with Crippen LogP contribution in [0.25, 0.3) is 0 Å². The summed E-state index contributed by atoms with van der Waals surface area (Å²) in [6.07, 6.45) is 2.09. The molecule has 3 rings (SSSR count). The minimum Gasteiger partial charge on any atom is -0.354 e. The fraction of sp³-hybridized carbons (Fsp3) is 0.310. The van der Waals surface area contributed by atoms with Gasteiger partial charge in [0.05, 0.1) is 11.9 Å². The predicted molar refractivity (Wildman–Crippen MR) is 153 cm³/mol. The first kappa shape index (κ1) is 29.2. The topological polar surface area (TPSA) is 86.8 Å². The molecule has 0 bridgehead atoms. The first-order valence-electron chi connectivity index (χ1n) is 12.5. The van der Waals surface area contributed by atoms with Gasteiger partial charge in [0.1, 0.15) is 12.6 Å². The summed E-state index contributed by atoms with van der Waals surface area (Å²) in [4.78, 5) is 28.9. The number of anilines is 1. The van der Waals surface area contributed by atoms with Crippen LogP contribution in [-0.4, -0.2) is 50.5 Å². The quantitative estimate of drug-likeness (QED) is 0.354. The smallest absolute Gasteiger partial charge is 0.244 e. The van der Waals surface area contributed by atoms with Crippen LogP contribution in [0.2, 0.25) is 5.02 Å². The van der Waals surface area contributed by atoms with Crippen molar-refractivity contribution in [3.63, 3.8) is 0 Å². The van der Waals surface area contributed by atoms with Gasteiger partial charge in [-0.3, -0.25) is 13.9 Å². The SMILES string of the molecule is CCCNC(=O)[C@H](Cc1ccccc1)N(Cc1ccccc1)C(=O)CN(c1ccc(Cl)cc1C)S(C)(=O)=O. The van der Waals surface area contributed by atoms with Gasteiger partial charge in [0, 0.05) is 24.5 Å². The van der Waals surface area contributed by atoms with E-state index < -0.39 is 28.5 Å². The second-order valence-corrected chi connectivity index (χ2v) is 11.5. The molecule has 9 heteroatoms. The molecule has 0 aliphatic heterocycles. The molecule has 202 valence electrons. The molecule has 0 aliphatic rings. The Bertz CT molecular complexity index is 1330. The number of rotatable bonds is 12. The lowest BCUT2D eigenvalue weighted by molar-refractivity contribution is -0.140. The number of hydrogen-bond donors (Lipinski definition) is 1. The minimum atomic E-state index is -3.83. The molecule has 1 N–H and O–H groups in total. The molecule has 7 nitrogen and oxygen atoms in total. The third kappa shape index (κ3) is 8.07. The summed E-state index contributed by atoms with van der Waals surface area (Å²) in [6, 6.07) is 22.8. The molecular weight excluding hydrogens is 522 g/mol. The van der Waals surface area contributed by atoms with Crippen LogP contribution in [0, 0.1) is 6.92 Å². The predicted octanol–water partition coefficient (Wildman–Crippen LogP) is 4.58. The van der Waals surface area contributed by atoms with Gasteiger partial charge >= 0.3 is 0 Å². The third-order valence-corrected chi connectivity index (χ3v) is 7.48. The van der Waals surface area contributed by atoms with Crippen molar-refractivity contribution in [1.29, 1.82) is 0 Å². The van der Waals surface area contributed by atoms with Crippen molar-refractivity contribution in [2.75, 3.05) is 23.7 Å². The van der Waals surface area contributed by atoms with Crippen LogP contribution in [0.1, 0.15) is 30.0 Å².